The van der Waals surface area contributed by atoms with Crippen molar-refractivity contribution < 1.29 is 18.8 Å². The number of amides is 1. The van der Waals surface area contributed by atoms with Crippen LogP contribution >= 0.6 is 0 Å². The number of nitrogens with zero attached hydrogens (tertiary/aromatic N) is 2. The average Bonchev–Trinajstić information content (AvgIpc) is 3.25. The molecule has 0 spiro atoms. The Kier molecular flexibility index (Phi) is 6.28. The van der Waals surface area contributed by atoms with E-state index in [1.165, 1.54) is 11.6 Å². The summed E-state index contributed by atoms with van der Waals surface area (Å²) in [5.74, 6) is 0.980. The van der Waals surface area contributed by atoms with E-state index in [9.17, 15) is 9.59 Å². The summed E-state index contributed by atoms with van der Waals surface area (Å²) in [6, 6.07) is 9.86. The van der Waals surface area contributed by atoms with Gasteiger partial charge in [-0.25, -0.2) is 0 Å². The second kappa shape index (κ2) is 9.26. The van der Waals surface area contributed by atoms with Crippen LogP contribution in [0.1, 0.15) is 59.8 Å². The number of aromatic nitrogens is 1. The number of carbonyl (C=O) groups excluding carboxylic acids is 2. The van der Waals surface area contributed by atoms with Crippen molar-refractivity contribution in [3.63, 3.8) is 0 Å². The Morgan fingerprint density at radius 1 is 1.30 bits per heavy atom. The molecular formula is C23H27N3O4. The zero-order valence-electron chi connectivity index (χ0n) is 17.2. The van der Waals surface area contributed by atoms with Gasteiger partial charge in [0.1, 0.15) is 5.75 Å². The summed E-state index contributed by atoms with van der Waals surface area (Å²) in [4.78, 5) is 26.4. The third kappa shape index (κ3) is 4.97. The highest BCUT2D eigenvalue weighted by Gasteiger charge is 2.26. The fourth-order valence-electron chi connectivity index (χ4n) is 4.16. The lowest BCUT2D eigenvalue weighted by Gasteiger charge is -2.31. The van der Waals surface area contributed by atoms with Crippen LogP contribution < -0.4 is 10.1 Å². The Hall–Kier alpha value is -2.93. The Bertz CT molecular complexity index is 949. The van der Waals surface area contributed by atoms with Crippen LogP contribution in [-0.4, -0.2) is 41.9 Å². The minimum Gasteiger partial charge on any atom is -0.497 e. The number of carbonyl (C=O) groups is 2. The van der Waals surface area contributed by atoms with Crippen LogP contribution in [0, 0.1) is 0 Å². The molecule has 0 radical (unpaired) electrons. The van der Waals surface area contributed by atoms with Crippen LogP contribution in [0.4, 0.5) is 0 Å². The number of likely N-dealkylation sites (tertiary alicyclic amines) is 1. The van der Waals surface area contributed by atoms with Gasteiger partial charge in [0, 0.05) is 43.3 Å². The maximum absolute atomic E-state index is 12.5. The maximum atomic E-state index is 12.5. The van der Waals surface area contributed by atoms with E-state index in [-0.39, 0.29) is 23.4 Å². The maximum Gasteiger partial charge on any atom is 0.294 e. The van der Waals surface area contributed by atoms with E-state index >= 15 is 0 Å². The highest BCUT2D eigenvalue weighted by Crippen LogP contribution is 2.28. The molecule has 7 heteroatoms. The van der Waals surface area contributed by atoms with Crippen LogP contribution in [0.5, 0.6) is 5.75 Å². The Morgan fingerprint density at radius 2 is 2.20 bits per heavy atom. The molecule has 30 heavy (non-hydrogen) atoms. The summed E-state index contributed by atoms with van der Waals surface area (Å²) in [7, 11) is 1.68. The number of ether oxygens (including phenoxy) is 1. The van der Waals surface area contributed by atoms with Gasteiger partial charge in [-0.3, -0.25) is 14.5 Å². The number of benzene rings is 1. The normalized spacial score (nSPS) is 20.0. The molecule has 0 saturated carbocycles. The number of allylic oxidation sites excluding steroid dienone is 2. The molecule has 158 valence electrons. The standard InChI is InChI=1S/C23H27N3O4/c1-29-20-9-2-5-16(11-20)14-26-10-4-6-17(15-26)21-13-22(30-25-21)23(28)24-18-7-3-8-19(27)12-18/h2,5,9,11-13,17H,3-4,6-8,10,14-15H2,1H3,(H,24,28)/t17-/m1/s1. The predicted molar refractivity (Wildman–Crippen MR) is 111 cm³/mol. The fourth-order valence-corrected chi connectivity index (χ4v) is 4.16. The molecule has 1 saturated heterocycles. The van der Waals surface area contributed by atoms with Gasteiger partial charge >= 0.3 is 0 Å². The highest BCUT2D eigenvalue weighted by molar-refractivity contribution is 5.95. The minimum absolute atomic E-state index is 0.0492. The fraction of sp³-hybridized carbons (Fsp3) is 0.435. The van der Waals surface area contributed by atoms with E-state index in [1.807, 2.05) is 12.1 Å². The van der Waals surface area contributed by atoms with Gasteiger partial charge in [0.05, 0.1) is 12.8 Å². The highest BCUT2D eigenvalue weighted by atomic mass is 16.5. The molecule has 2 heterocycles. The molecule has 0 unspecified atom stereocenters. The van der Waals surface area contributed by atoms with Crippen molar-refractivity contribution in [1.82, 2.24) is 15.4 Å². The summed E-state index contributed by atoms with van der Waals surface area (Å²) < 4.78 is 10.6. The van der Waals surface area contributed by atoms with Gasteiger partial charge < -0.3 is 14.6 Å². The molecule has 1 aromatic carbocycles. The molecule has 2 aliphatic rings. The molecule has 1 N–H and O–H groups in total. The van der Waals surface area contributed by atoms with Crippen molar-refractivity contribution in [3.05, 3.63) is 59.1 Å². The zero-order chi connectivity index (χ0) is 20.9. The van der Waals surface area contributed by atoms with Gasteiger partial charge in [-0.1, -0.05) is 17.3 Å². The number of rotatable bonds is 6. The molecule has 1 aromatic heterocycles. The lowest BCUT2D eigenvalue weighted by atomic mass is 9.94. The summed E-state index contributed by atoms with van der Waals surface area (Å²) in [6.45, 7) is 2.74. The van der Waals surface area contributed by atoms with Crippen LogP contribution in [0.15, 0.2) is 46.6 Å². The van der Waals surface area contributed by atoms with Crippen LogP contribution in [0.25, 0.3) is 0 Å². The largest absolute Gasteiger partial charge is 0.497 e. The molecule has 7 nitrogen and oxygen atoms in total. The lowest BCUT2D eigenvalue weighted by Crippen LogP contribution is -2.34. The summed E-state index contributed by atoms with van der Waals surface area (Å²) in [5, 5.41) is 6.95. The first-order chi connectivity index (χ1) is 14.6. The molecule has 1 fully saturated rings. The number of piperidine rings is 1. The van der Waals surface area contributed by atoms with E-state index in [4.69, 9.17) is 9.26 Å². The van der Waals surface area contributed by atoms with Gasteiger partial charge in [0.25, 0.3) is 5.91 Å². The third-order valence-corrected chi connectivity index (χ3v) is 5.69. The van der Waals surface area contributed by atoms with Gasteiger partial charge in [-0.2, -0.15) is 0 Å². The zero-order valence-corrected chi connectivity index (χ0v) is 17.2. The van der Waals surface area contributed by atoms with E-state index in [2.05, 4.69) is 27.5 Å². The number of ketones is 1. The summed E-state index contributed by atoms with van der Waals surface area (Å²) in [5.41, 5.74) is 2.67. The number of nitrogens with one attached hydrogen (secondary N) is 1. The van der Waals surface area contributed by atoms with Gasteiger partial charge in [-0.05, 0) is 49.9 Å². The van der Waals surface area contributed by atoms with Crippen molar-refractivity contribution in [2.24, 2.45) is 0 Å². The van der Waals surface area contributed by atoms with Crippen molar-refractivity contribution in [2.45, 2.75) is 44.6 Å². The molecule has 1 amide bonds. The average molecular weight is 409 g/mol. The van der Waals surface area contributed by atoms with E-state index in [0.717, 1.165) is 50.3 Å². The Morgan fingerprint density at radius 3 is 3.03 bits per heavy atom. The van der Waals surface area contributed by atoms with Crippen LogP contribution in [-0.2, 0) is 11.3 Å². The Balaban J connectivity index is 1.37. The first kappa shape index (κ1) is 20.3. The van der Waals surface area contributed by atoms with Crippen molar-refractivity contribution in [1.29, 1.82) is 0 Å². The lowest BCUT2D eigenvalue weighted by molar-refractivity contribution is -0.115. The smallest absolute Gasteiger partial charge is 0.294 e. The Labute approximate surface area is 176 Å². The topological polar surface area (TPSA) is 84.7 Å². The van der Waals surface area contributed by atoms with Gasteiger partial charge in [0.15, 0.2) is 5.78 Å². The second-order valence-corrected chi connectivity index (χ2v) is 7.99. The monoisotopic (exact) mass is 409 g/mol. The first-order valence-corrected chi connectivity index (χ1v) is 10.5. The molecule has 1 aliphatic carbocycles. The second-order valence-electron chi connectivity index (χ2n) is 7.99. The predicted octanol–water partition coefficient (Wildman–Crippen LogP) is 3.43. The minimum atomic E-state index is -0.348. The van der Waals surface area contributed by atoms with Crippen molar-refractivity contribution in [3.8, 4) is 5.75 Å². The molecule has 4 rings (SSSR count). The third-order valence-electron chi connectivity index (χ3n) is 5.69. The number of hydrogen-bond acceptors (Lipinski definition) is 6. The van der Waals surface area contributed by atoms with E-state index in [0.29, 0.717) is 18.5 Å². The van der Waals surface area contributed by atoms with Crippen molar-refractivity contribution in [2.75, 3.05) is 20.2 Å². The van der Waals surface area contributed by atoms with Gasteiger partial charge in [0.2, 0.25) is 5.76 Å². The van der Waals surface area contributed by atoms with Crippen LogP contribution in [0.3, 0.4) is 0 Å². The first-order valence-electron chi connectivity index (χ1n) is 10.5. The molecule has 0 bridgehead atoms. The van der Waals surface area contributed by atoms with Crippen LogP contribution in [0.2, 0.25) is 0 Å². The number of methoxy groups -OCH3 is 1. The quantitative estimate of drug-likeness (QED) is 0.787. The van der Waals surface area contributed by atoms with E-state index < -0.39 is 0 Å². The van der Waals surface area contributed by atoms with E-state index in [1.54, 1.807) is 13.2 Å². The van der Waals surface area contributed by atoms with Gasteiger partial charge in [-0.15, -0.1) is 0 Å². The van der Waals surface area contributed by atoms with Crippen molar-refractivity contribution >= 4 is 11.7 Å². The molecule has 1 aliphatic heterocycles. The SMILES string of the molecule is COc1cccc(CN2CCC[C@@H](c3cc(C(=O)NC4=CC(=O)CCC4)on3)C2)c1. The molecular weight excluding hydrogens is 382 g/mol. The summed E-state index contributed by atoms with van der Waals surface area (Å²) >= 11 is 0. The number of hydrogen-bond donors (Lipinski definition) is 1. The summed E-state index contributed by atoms with van der Waals surface area (Å²) in [6.07, 6.45) is 5.59. The molecule has 1 atom stereocenters. The molecule has 2 aromatic rings.